The van der Waals surface area contributed by atoms with Gasteiger partial charge in [-0.3, -0.25) is 0 Å². The number of nitrogens with two attached hydrogens (primary N) is 1. The van der Waals surface area contributed by atoms with Crippen LogP contribution in [0, 0.1) is 0 Å². The molecule has 0 amide bonds. The maximum atomic E-state index is 5.97. The molecular weight excluding hydrogens is 306 g/mol. The second-order valence-corrected chi connectivity index (χ2v) is 5.80. The van der Waals surface area contributed by atoms with E-state index in [1.54, 1.807) is 0 Å². The van der Waals surface area contributed by atoms with E-state index in [9.17, 15) is 0 Å². The van der Waals surface area contributed by atoms with Gasteiger partial charge in [0.25, 0.3) is 0 Å². The van der Waals surface area contributed by atoms with E-state index in [2.05, 4.69) is 45.4 Å². The van der Waals surface area contributed by atoms with E-state index in [4.69, 9.17) is 10.5 Å². The molecule has 4 nitrogen and oxygen atoms in total. The number of halogens is 1. The van der Waals surface area contributed by atoms with Crippen molar-refractivity contribution >= 4 is 32.9 Å². The van der Waals surface area contributed by atoms with Crippen LogP contribution in [-0.4, -0.2) is 22.3 Å². The van der Waals surface area contributed by atoms with Crippen molar-refractivity contribution in [3.63, 3.8) is 0 Å². The summed E-state index contributed by atoms with van der Waals surface area (Å²) in [5.41, 5.74) is 8.00. The molecule has 0 aliphatic carbocycles. The molecule has 1 heterocycles. The summed E-state index contributed by atoms with van der Waals surface area (Å²) in [4.78, 5) is 4.37. The standard InChI is InChI=1S/C14H20BrN3O/c1-10(2)19-8-4-3-7-18-13-9-11(15)5-6-12(13)17-14(18)16/h5-6,9-10H,3-4,7-8H2,1-2H3,(H2,16,17). The van der Waals surface area contributed by atoms with Crippen molar-refractivity contribution in [2.75, 3.05) is 12.3 Å². The molecule has 0 atom stereocenters. The molecule has 104 valence electrons. The maximum absolute atomic E-state index is 5.97. The lowest BCUT2D eigenvalue weighted by Crippen LogP contribution is -2.07. The Kier molecular flexibility index (Phi) is 4.82. The molecule has 5 heteroatoms. The summed E-state index contributed by atoms with van der Waals surface area (Å²) < 4.78 is 8.65. The number of hydrogen-bond acceptors (Lipinski definition) is 3. The van der Waals surface area contributed by atoms with Gasteiger partial charge in [0.1, 0.15) is 0 Å². The first-order chi connectivity index (χ1) is 9.08. The molecule has 2 aromatic rings. The number of anilines is 1. The van der Waals surface area contributed by atoms with Gasteiger partial charge in [-0.05, 0) is 44.9 Å². The Morgan fingerprint density at radius 1 is 1.37 bits per heavy atom. The van der Waals surface area contributed by atoms with Crippen molar-refractivity contribution in [2.45, 2.75) is 39.3 Å². The van der Waals surface area contributed by atoms with Gasteiger partial charge in [-0.15, -0.1) is 0 Å². The largest absolute Gasteiger partial charge is 0.379 e. The van der Waals surface area contributed by atoms with Crippen LogP contribution < -0.4 is 5.73 Å². The highest BCUT2D eigenvalue weighted by molar-refractivity contribution is 9.10. The molecular formula is C14H20BrN3O. The van der Waals surface area contributed by atoms with Crippen molar-refractivity contribution in [1.82, 2.24) is 9.55 Å². The Hall–Kier alpha value is -1.07. The van der Waals surface area contributed by atoms with E-state index in [1.807, 2.05) is 12.1 Å². The van der Waals surface area contributed by atoms with E-state index >= 15 is 0 Å². The lowest BCUT2D eigenvalue weighted by molar-refractivity contribution is 0.0755. The van der Waals surface area contributed by atoms with Crippen LogP contribution in [0.1, 0.15) is 26.7 Å². The van der Waals surface area contributed by atoms with Crippen LogP contribution in [0.3, 0.4) is 0 Å². The fourth-order valence-corrected chi connectivity index (χ4v) is 2.39. The summed E-state index contributed by atoms with van der Waals surface area (Å²) in [6, 6.07) is 6.02. The summed E-state index contributed by atoms with van der Waals surface area (Å²) >= 11 is 3.48. The molecule has 0 saturated heterocycles. The number of rotatable bonds is 6. The van der Waals surface area contributed by atoms with Gasteiger partial charge >= 0.3 is 0 Å². The van der Waals surface area contributed by atoms with Crippen molar-refractivity contribution < 1.29 is 4.74 Å². The minimum absolute atomic E-state index is 0.301. The summed E-state index contributed by atoms with van der Waals surface area (Å²) in [7, 11) is 0. The number of imidazole rings is 1. The average Bonchev–Trinajstić information content (AvgIpc) is 2.65. The Balaban J connectivity index is 2.00. The number of aromatic nitrogens is 2. The highest BCUT2D eigenvalue weighted by atomic mass is 79.9. The molecule has 0 saturated carbocycles. The monoisotopic (exact) mass is 325 g/mol. The topological polar surface area (TPSA) is 53.1 Å². The van der Waals surface area contributed by atoms with Gasteiger partial charge in [0, 0.05) is 17.6 Å². The minimum Gasteiger partial charge on any atom is -0.379 e. The first kappa shape index (κ1) is 14.3. The average molecular weight is 326 g/mol. The van der Waals surface area contributed by atoms with Crippen LogP contribution in [0.25, 0.3) is 11.0 Å². The highest BCUT2D eigenvalue weighted by Crippen LogP contribution is 2.22. The van der Waals surface area contributed by atoms with E-state index in [0.29, 0.717) is 12.1 Å². The SMILES string of the molecule is CC(C)OCCCCn1c(N)nc2ccc(Br)cc21. The quantitative estimate of drug-likeness (QED) is 0.826. The Bertz CT molecular complexity index is 551. The molecule has 0 aliphatic heterocycles. The molecule has 0 unspecified atom stereocenters. The van der Waals surface area contributed by atoms with E-state index in [-0.39, 0.29) is 0 Å². The van der Waals surface area contributed by atoms with Gasteiger partial charge in [-0.25, -0.2) is 4.98 Å². The summed E-state index contributed by atoms with van der Waals surface area (Å²) in [5, 5.41) is 0. The van der Waals surface area contributed by atoms with Crippen LogP contribution in [-0.2, 0) is 11.3 Å². The molecule has 0 radical (unpaired) electrons. The van der Waals surface area contributed by atoms with Crippen molar-refractivity contribution in [2.24, 2.45) is 0 Å². The van der Waals surface area contributed by atoms with Crippen LogP contribution in [0.2, 0.25) is 0 Å². The number of hydrogen-bond donors (Lipinski definition) is 1. The Morgan fingerprint density at radius 2 is 2.16 bits per heavy atom. The molecule has 1 aromatic carbocycles. The summed E-state index contributed by atoms with van der Waals surface area (Å²) in [6.45, 7) is 5.78. The third-order valence-electron chi connectivity index (χ3n) is 2.97. The fraction of sp³-hybridized carbons (Fsp3) is 0.500. The predicted molar refractivity (Wildman–Crippen MR) is 82.2 cm³/mol. The van der Waals surface area contributed by atoms with Crippen LogP contribution in [0.15, 0.2) is 22.7 Å². The number of fused-ring (bicyclic) bond motifs is 1. The smallest absolute Gasteiger partial charge is 0.201 e. The van der Waals surface area contributed by atoms with Crippen LogP contribution >= 0.6 is 15.9 Å². The normalized spacial score (nSPS) is 11.6. The lowest BCUT2D eigenvalue weighted by Gasteiger charge is -2.09. The maximum Gasteiger partial charge on any atom is 0.201 e. The predicted octanol–water partition coefficient (Wildman–Crippen LogP) is 3.59. The molecule has 19 heavy (non-hydrogen) atoms. The minimum atomic E-state index is 0.301. The molecule has 0 spiro atoms. The van der Waals surface area contributed by atoms with E-state index < -0.39 is 0 Å². The molecule has 0 bridgehead atoms. The van der Waals surface area contributed by atoms with Crippen LogP contribution in [0.4, 0.5) is 5.95 Å². The van der Waals surface area contributed by atoms with Gasteiger partial charge in [0.2, 0.25) is 5.95 Å². The van der Waals surface area contributed by atoms with Crippen molar-refractivity contribution in [1.29, 1.82) is 0 Å². The van der Waals surface area contributed by atoms with Gasteiger partial charge < -0.3 is 15.0 Å². The lowest BCUT2D eigenvalue weighted by atomic mass is 10.3. The number of benzene rings is 1. The molecule has 0 aliphatic rings. The first-order valence-corrected chi connectivity index (χ1v) is 7.40. The zero-order valence-electron chi connectivity index (χ0n) is 11.4. The third kappa shape index (κ3) is 3.70. The van der Waals surface area contributed by atoms with E-state index in [1.165, 1.54) is 0 Å². The van der Waals surface area contributed by atoms with Gasteiger partial charge in [-0.2, -0.15) is 0 Å². The molecule has 1 aromatic heterocycles. The Morgan fingerprint density at radius 3 is 2.89 bits per heavy atom. The second kappa shape index (κ2) is 6.39. The third-order valence-corrected chi connectivity index (χ3v) is 3.46. The van der Waals surface area contributed by atoms with Gasteiger partial charge in [0.05, 0.1) is 17.1 Å². The second-order valence-electron chi connectivity index (χ2n) is 4.88. The summed E-state index contributed by atoms with van der Waals surface area (Å²) in [5.74, 6) is 0.581. The van der Waals surface area contributed by atoms with Crippen LogP contribution in [0.5, 0.6) is 0 Å². The van der Waals surface area contributed by atoms with Crippen molar-refractivity contribution in [3.05, 3.63) is 22.7 Å². The molecule has 0 fully saturated rings. The zero-order chi connectivity index (χ0) is 13.8. The van der Waals surface area contributed by atoms with Crippen molar-refractivity contribution in [3.8, 4) is 0 Å². The molecule has 2 N–H and O–H groups in total. The number of nitrogens with zero attached hydrogens (tertiary/aromatic N) is 2. The highest BCUT2D eigenvalue weighted by Gasteiger charge is 2.08. The van der Waals surface area contributed by atoms with E-state index in [0.717, 1.165) is 41.5 Å². The van der Waals surface area contributed by atoms with Gasteiger partial charge in [-0.1, -0.05) is 15.9 Å². The molecule has 2 rings (SSSR count). The number of aryl methyl sites for hydroxylation is 1. The Labute approximate surface area is 122 Å². The summed E-state index contributed by atoms with van der Waals surface area (Å²) in [6.07, 6.45) is 2.37. The number of nitrogen functional groups attached to an aromatic ring is 1. The fourth-order valence-electron chi connectivity index (χ4n) is 2.04. The zero-order valence-corrected chi connectivity index (χ0v) is 13.0. The number of unbranched alkanes of at least 4 members (excludes halogenated alkanes) is 1. The first-order valence-electron chi connectivity index (χ1n) is 6.61. The van der Waals surface area contributed by atoms with Gasteiger partial charge in [0.15, 0.2) is 0 Å². The number of ether oxygens (including phenoxy) is 1.